The van der Waals surface area contributed by atoms with Crippen LogP contribution in [0.5, 0.6) is 0 Å². The maximum Gasteiger partial charge on any atom is 0.271 e. The van der Waals surface area contributed by atoms with Crippen LogP contribution in [0.1, 0.15) is 36.3 Å². The van der Waals surface area contributed by atoms with E-state index < -0.39 is 0 Å². The average molecular weight is 333 g/mol. The molecule has 0 aliphatic rings. The second-order valence-corrected chi connectivity index (χ2v) is 6.25. The maximum atomic E-state index is 11.9. The highest BCUT2D eigenvalue weighted by molar-refractivity contribution is 6.30. The van der Waals surface area contributed by atoms with Crippen LogP contribution in [0.25, 0.3) is 0 Å². The zero-order valence-electron chi connectivity index (χ0n) is 13.6. The average Bonchev–Trinajstić information content (AvgIpc) is 2.51. The maximum absolute atomic E-state index is 11.9. The van der Waals surface area contributed by atoms with Crippen molar-refractivity contribution in [2.24, 2.45) is 5.92 Å². The number of nitrogens with one attached hydrogen (secondary N) is 2. The number of amides is 1. The van der Waals surface area contributed by atoms with Crippen LogP contribution >= 0.6 is 11.6 Å². The van der Waals surface area contributed by atoms with Crippen LogP contribution in [0.15, 0.2) is 30.6 Å². The van der Waals surface area contributed by atoms with Crippen LogP contribution in [0.4, 0.5) is 11.5 Å². The molecule has 0 fully saturated rings. The van der Waals surface area contributed by atoms with Gasteiger partial charge < -0.3 is 10.6 Å². The number of carbonyl (C=O) groups is 1. The van der Waals surface area contributed by atoms with Gasteiger partial charge in [0.1, 0.15) is 11.5 Å². The summed E-state index contributed by atoms with van der Waals surface area (Å²) in [6.45, 7) is 6.84. The van der Waals surface area contributed by atoms with E-state index in [1.807, 2.05) is 25.1 Å². The second kappa shape index (κ2) is 7.92. The van der Waals surface area contributed by atoms with Gasteiger partial charge in [0.2, 0.25) is 0 Å². The topological polar surface area (TPSA) is 66.9 Å². The fourth-order valence-electron chi connectivity index (χ4n) is 1.94. The van der Waals surface area contributed by atoms with Gasteiger partial charge in [-0.05, 0) is 37.0 Å². The number of hydrogen-bond donors (Lipinski definition) is 2. The fourth-order valence-corrected chi connectivity index (χ4v) is 2.11. The molecule has 6 heteroatoms. The SMILES string of the molecule is Cc1ccc(Cl)cc1Nc1cnc(C(=O)NCCC(C)C)cn1. The highest BCUT2D eigenvalue weighted by Crippen LogP contribution is 2.22. The third kappa shape index (κ3) is 5.21. The molecule has 1 heterocycles. The summed E-state index contributed by atoms with van der Waals surface area (Å²) in [6.07, 6.45) is 3.94. The van der Waals surface area contributed by atoms with Gasteiger partial charge in [0, 0.05) is 17.3 Å². The van der Waals surface area contributed by atoms with Crippen molar-refractivity contribution in [3.05, 3.63) is 46.9 Å². The Morgan fingerprint density at radius 2 is 2.04 bits per heavy atom. The Labute approximate surface area is 141 Å². The Balaban J connectivity index is 1.99. The summed E-state index contributed by atoms with van der Waals surface area (Å²) in [7, 11) is 0. The first-order chi connectivity index (χ1) is 11.0. The molecule has 0 saturated heterocycles. The number of anilines is 2. The predicted octanol–water partition coefficient (Wildman–Crippen LogP) is 3.96. The van der Waals surface area contributed by atoms with Crippen molar-refractivity contribution < 1.29 is 4.79 Å². The summed E-state index contributed by atoms with van der Waals surface area (Å²) < 4.78 is 0. The number of rotatable bonds is 6. The molecule has 2 rings (SSSR count). The first kappa shape index (κ1) is 17.2. The number of aromatic nitrogens is 2. The summed E-state index contributed by atoms with van der Waals surface area (Å²) >= 11 is 5.99. The van der Waals surface area contributed by atoms with Gasteiger partial charge in [0.15, 0.2) is 0 Å². The van der Waals surface area contributed by atoms with Gasteiger partial charge in [0.25, 0.3) is 5.91 Å². The molecular formula is C17H21ClN4O. The van der Waals surface area contributed by atoms with E-state index >= 15 is 0 Å². The molecule has 5 nitrogen and oxygen atoms in total. The van der Waals surface area contributed by atoms with Gasteiger partial charge >= 0.3 is 0 Å². The van der Waals surface area contributed by atoms with Gasteiger partial charge in [-0.25, -0.2) is 9.97 Å². The van der Waals surface area contributed by atoms with E-state index in [9.17, 15) is 4.79 Å². The van der Waals surface area contributed by atoms with Gasteiger partial charge in [-0.15, -0.1) is 0 Å². The number of carbonyl (C=O) groups excluding carboxylic acids is 1. The van der Waals surface area contributed by atoms with Gasteiger partial charge in [-0.1, -0.05) is 31.5 Å². The minimum absolute atomic E-state index is 0.205. The largest absolute Gasteiger partial charge is 0.351 e. The molecular weight excluding hydrogens is 312 g/mol. The van der Waals surface area contributed by atoms with Gasteiger partial charge in [-0.3, -0.25) is 4.79 Å². The van der Waals surface area contributed by atoms with Crippen molar-refractivity contribution in [1.82, 2.24) is 15.3 Å². The van der Waals surface area contributed by atoms with E-state index in [-0.39, 0.29) is 5.91 Å². The lowest BCUT2D eigenvalue weighted by molar-refractivity contribution is 0.0946. The first-order valence-electron chi connectivity index (χ1n) is 7.59. The second-order valence-electron chi connectivity index (χ2n) is 5.81. The lowest BCUT2D eigenvalue weighted by Gasteiger charge is -2.10. The zero-order chi connectivity index (χ0) is 16.8. The zero-order valence-corrected chi connectivity index (χ0v) is 14.3. The number of nitrogens with zero attached hydrogens (tertiary/aromatic N) is 2. The summed E-state index contributed by atoms with van der Waals surface area (Å²) in [5.74, 6) is 0.909. The molecule has 0 atom stereocenters. The molecule has 2 N–H and O–H groups in total. The first-order valence-corrected chi connectivity index (χ1v) is 7.97. The van der Waals surface area contributed by atoms with Crippen molar-refractivity contribution in [1.29, 1.82) is 0 Å². The Bertz CT molecular complexity index is 671. The minimum Gasteiger partial charge on any atom is -0.351 e. The van der Waals surface area contributed by atoms with E-state index in [4.69, 9.17) is 11.6 Å². The van der Waals surface area contributed by atoms with Crippen molar-refractivity contribution in [3.63, 3.8) is 0 Å². The molecule has 1 amide bonds. The monoisotopic (exact) mass is 332 g/mol. The molecule has 0 spiro atoms. The van der Waals surface area contributed by atoms with Gasteiger partial charge in [0.05, 0.1) is 12.4 Å². The molecule has 0 aliphatic heterocycles. The molecule has 0 unspecified atom stereocenters. The Morgan fingerprint density at radius 3 is 2.70 bits per heavy atom. The van der Waals surface area contributed by atoms with Crippen LogP contribution in [-0.2, 0) is 0 Å². The predicted molar refractivity (Wildman–Crippen MR) is 93.3 cm³/mol. The summed E-state index contributed by atoms with van der Waals surface area (Å²) in [6, 6.07) is 5.58. The van der Waals surface area contributed by atoms with Crippen LogP contribution in [0, 0.1) is 12.8 Å². The number of halogens is 1. The van der Waals surface area contributed by atoms with Crippen LogP contribution in [0.3, 0.4) is 0 Å². The highest BCUT2D eigenvalue weighted by atomic mass is 35.5. The van der Waals surface area contributed by atoms with Crippen molar-refractivity contribution in [2.45, 2.75) is 27.2 Å². The Morgan fingerprint density at radius 1 is 1.26 bits per heavy atom. The molecule has 1 aromatic heterocycles. The molecule has 0 radical (unpaired) electrons. The summed E-state index contributed by atoms with van der Waals surface area (Å²) in [5, 5.41) is 6.63. The quantitative estimate of drug-likeness (QED) is 0.840. The van der Waals surface area contributed by atoms with E-state index in [0.29, 0.717) is 29.0 Å². The molecule has 0 bridgehead atoms. The normalized spacial score (nSPS) is 10.7. The minimum atomic E-state index is -0.205. The van der Waals surface area contributed by atoms with E-state index in [2.05, 4.69) is 34.4 Å². The highest BCUT2D eigenvalue weighted by Gasteiger charge is 2.08. The van der Waals surface area contributed by atoms with E-state index in [1.54, 1.807) is 0 Å². The van der Waals surface area contributed by atoms with Crippen molar-refractivity contribution in [3.8, 4) is 0 Å². The number of hydrogen-bond acceptors (Lipinski definition) is 4. The third-order valence-corrected chi connectivity index (χ3v) is 3.59. The Hall–Kier alpha value is -2.14. The van der Waals surface area contributed by atoms with Gasteiger partial charge in [-0.2, -0.15) is 0 Å². The molecule has 0 aliphatic carbocycles. The number of aryl methyl sites for hydroxylation is 1. The van der Waals surface area contributed by atoms with E-state index in [0.717, 1.165) is 17.7 Å². The molecule has 23 heavy (non-hydrogen) atoms. The summed E-state index contributed by atoms with van der Waals surface area (Å²) in [5.41, 5.74) is 2.22. The summed E-state index contributed by atoms with van der Waals surface area (Å²) in [4.78, 5) is 20.3. The molecule has 2 aromatic rings. The molecule has 1 aromatic carbocycles. The van der Waals surface area contributed by atoms with Crippen molar-refractivity contribution in [2.75, 3.05) is 11.9 Å². The van der Waals surface area contributed by atoms with Crippen LogP contribution in [-0.4, -0.2) is 22.4 Å². The molecule has 122 valence electrons. The lowest BCUT2D eigenvalue weighted by Crippen LogP contribution is -2.26. The standard InChI is InChI=1S/C17H21ClN4O/c1-11(2)6-7-19-17(23)15-9-21-16(10-20-15)22-14-8-13(18)5-4-12(14)3/h4-5,8-11H,6-7H2,1-3H3,(H,19,23)(H,21,22). The van der Waals surface area contributed by atoms with Crippen molar-refractivity contribution >= 4 is 29.0 Å². The fraction of sp³-hybridized carbons (Fsp3) is 0.353. The van der Waals surface area contributed by atoms with Crippen LogP contribution in [0.2, 0.25) is 5.02 Å². The molecule has 0 saturated carbocycles. The third-order valence-electron chi connectivity index (χ3n) is 3.35. The van der Waals surface area contributed by atoms with E-state index in [1.165, 1.54) is 12.4 Å². The smallest absolute Gasteiger partial charge is 0.271 e. The Kier molecular flexibility index (Phi) is 5.93. The lowest BCUT2D eigenvalue weighted by atomic mass is 10.1. The number of benzene rings is 1. The van der Waals surface area contributed by atoms with Crippen LogP contribution < -0.4 is 10.6 Å².